The number of rotatable bonds is 8. The van der Waals surface area contributed by atoms with E-state index in [0.717, 1.165) is 11.1 Å². The predicted molar refractivity (Wildman–Crippen MR) is 115 cm³/mol. The van der Waals surface area contributed by atoms with E-state index >= 15 is 0 Å². The van der Waals surface area contributed by atoms with E-state index < -0.39 is 6.61 Å². The number of hydrogen-bond donors (Lipinski definition) is 2. The molecule has 154 valence electrons. The van der Waals surface area contributed by atoms with Crippen molar-refractivity contribution in [2.45, 2.75) is 19.7 Å². The van der Waals surface area contributed by atoms with Crippen LogP contribution in [0, 0.1) is 0 Å². The standard InChI is InChI=1S/C19H23F2N3O3.HI/c1-22-19(23-11-13-5-4-6-16(9-13)27-18(20)21)24-12-14-7-8-15(25-2)10-17(14)26-3;/h4-10,18H,11-12H2,1-3H3,(H2,22,23,24);1H. The van der Waals surface area contributed by atoms with E-state index in [1.165, 1.54) is 6.07 Å². The summed E-state index contributed by atoms with van der Waals surface area (Å²) in [6, 6.07) is 12.1. The fraction of sp³-hybridized carbons (Fsp3) is 0.316. The molecule has 2 aromatic carbocycles. The van der Waals surface area contributed by atoms with E-state index in [-0.39, 0.29) is 29.7 Å². The van der Waals surface area contributed by atoms with E-state index in [2.05, 4.69) is 20.4 Å². The van der Waals surface area contributed by atoms with E-state index in [1.54, 1.807) is 33.4 Å². The first-order valence-corrected chi connectivity index (χ1v) is 8.25. The first kappa shape index (κ1) is 23.7. The van der Waals surface area contributed by atoms with E-state index in [0.29, 0.717) is 30.5 Å². The molecule has 0 heterocycles. The molecule has 0 saturated heterocycles. The molecular weight excluding hydrogens is 483 g/mol. The number of aliphatic imine (C=N–C) groups is 1. The molecular formula is C19H24F2IN3O3. The number of alkyl halides is 2. The Morgan fingerprint density at radius 1 is 1.00 bits per heavy atom. The van der Waals surface area contributed by atoms with Gasteiger partial charge in [-0.1, -0.05) is 12.1 Å². The minimum Gasteiger partial charge on any atom is -0.497 e. The highest BCUT2D eigenvalue weighted by Gasteiger charge is 2.07. The van der Waals surface area contributed by atoms with Crippen LogP contribution in [-0.2, 0) is 13.1 Å². The molecule has 6 nitrogen and oxygen atoms in total. The van der Waals surface area contributed by atoms with E-state index in [4.69, 9.17) is 9.47 Å². The number of hydrogen-bond acceptors (Lipinski definition) is 4. The molecule has 28 heavy (non-hydrogen) atoms. The van der Waals surface area contributed by atoms with Crippen LogP contribution in [-0.4, -0.2) is 33.8 Å². The second-order valence-corrected chi connectivity index (χ2v) is 5.48. The summed E-state index contributed by atoms with van der Waals surface area (Å²) in [5.74, 6) is 2.10. The number of nitrogens with zero attached hydrogens (tertiary/aromatic N) is 1. The van der Waals surface area contributed by atoms with Gasteiger partial charge in [-0.3, -0.25) is 4.99 Å². The number of benzene rings is 2. The third kappa shape index (κ3) is 7.37. The van der Waals surface area contributed by atoms with Gasteiger partial charge in [0.05, 0.1) is 14.2 Å². The Labute approximate surface area is 180 Å². The molecule has 0 fully saturated rings. The van der Waals surface area contributed by atoms with Gasteiger partial charge in [-0.2, -0.15) is 8.78 Å². The van der Waals surface area contributed by atoms with Crippen LogP contribution >= 0.6 is 24.0 Å². The van der Waals surface area contributed by atoms with Gasteiger partial charge in [0.25, 0.3) is 0 Å². The van der Waals surface area contributed by atoms with Crippen LogP contribution in [0.15, 0.2) is 47.5 Å². The lowest BCUT2D eigenvalue weighted by molar-refractivity contribution is -0.0498. The normalized spacial score (nSPS) is 10.9. The quantitative estimate of drug-likeness (QED) is 0.324. The summed E-state index contributed by atoms with van der Waals surface area (Å²) in [5, 5.41) is 6.31. The van der Waals surface area contributed by atoms with Gasteiger partial charge in [-0.25, -0.2) is 0 Å². The minimum atomic E-state index is -2.85. The summed E-state index contributed by atoms with van der Waals surface area (Å²) in [6.45, 7) is -1.96. The minimum absolute atomic E-state index is 0. The Kier molecular flexibility index (Phi) is 10.4. The van der Waals surface area contributed by atoms with Gasteiger partial charge in [0, 0.05) is 31.8 Å². The zero-order valence-corrected chi connectivity index (χ0v) is 18.2. The number of methoxy groups -OCH3 is 2. The van der Waals surface area contributed by atoms with Crippen LogP contribution in [0.25, 0.3) is 0 Å². The molecule has 0 aliphatic rings. The average molecular weight is 507 g/mol. The first-order chi connectivity index (χ1) is 13.0. The predicted octanol–water partition coefficient (Wildman–Crippen LogP) is 3.79. The summed E-state index contributed by atoms with van der Waals surface area (Å²) in [5.41, 5.74) is 1.73. The van der Waals surface area contributed by atoms with Crippen molar-refractivity contribution in [1.82, 2.24) is 10.6 Å². The van der Waals surface area contributed by atoms with Crippen LogP contribution in [0.3, 0.4) is 0 Å². The lowest BCUT2D eigenvalue weighted by Crippen LogP contribution is -2.36. The Morgan fingerprint density at radius 3 is 2.39 bits per heavy atom. The van der Waals surface area contributed by atoms with Gasteiger partial charge in [0.1, 0.15) is 17.2 Å². The van der Waals surface area contributed by atoms with Crippen LogP contribution in [0.1, 0.15) is 11.1 Å². The second kappa shape index (κ2) is 12.2. The molecule has 2 N–H and O–H groups in total. The van der Waals surface area contributed by atoms with Crippen molar-refractivity contribution in [2.24, 2.45) is 4.99 Å². The maximum Gasteiger partial charge on any atom is 0.387 e. The molecule has 2 rings (SSSR count). The summed E-state index contributed by atoms with van der Waals surface area (Å²) < 4.78 is 39.6. The topological polar surface area (TPSA) is 64.1 Å². The maximum atomic E-state index is 12.3. The van der Waals surface area contributed by atoms with Gasteiger partial charge >= 0.3 is 6.61 Å². The lowest BCUT2D eigenvalue weighted by Gasteiger charge is -2.15. The number of nitrogens with one attached hydrogen (secondary N) is 2. The Hall–Kier alpha value is -2.30. The molecule has 0 unspecified atom stereocenters. The smallest absolute Gasteiger partial charge is 0.387 e. The molecule has 0 saturated carbocycles. The van der Waals surface area contributed by atoms with Gasteiger partial charge in [-0.05, 0) is 29.8 Å². The maximum absolute atomic E-state index is 12.3. The Bertz CT molecular complexity index is 776. The second-order valence-electron chi connectivity index (χ2n) is 5.48. The van der Waals surface area contributed by atoms with Crippen molar-refractivity contribution in [3.05, 3.63) is 53.6 Å². The average Bonchev–Trinajstić information content (AvgIpc) is 2.67. The summed E-state index contributed by atoms with van der Waals surface area (Å²) >= 11 is 0. The highest BCUT2D eigenvalue weighted by atomic mass is 127. The summed E-state index contributed by atoms with van der Waals surface area (Å²) in [7, 11) is 4.84. The molecule has 0 bridgehead atoms. The largest absolute Gasteiger partial charge is 0.497 e. The monoisotopic (exact) mass is 507 g/mol. The fourth-order valence-electron chi connectivity index (χ4n) is 2.41. The highest BCUT2D eigenvalue weighted by Crippen LogP contribution is 2.24. The van der Waals surface area contributed by atoms with Crippen LogP contribution in [0.2, 0.25) is 0 Å². The third-order valence-corrected chi connectivity index (χ3v) is 3.75. The zero-order chi connectivity index (χ0) is 19.6. The Balaban J connectivity index is 0.00000392. The fourth-order valence-corrected chi connectivity index (χ4v) is 2.41. The lowest BCUT2D eigenvalue weighted by atomic mass is 10.2. The van der Waals surface area contributed by atoms with Crippen molar-refractivity contribution in [3.63, 3.8) is 0 Å². The van der Waals surface area contributed by atoms with Crippen LogP contribution < -0.4 is 24.8 Å². The van der Waals surface area contributed by atoms with E-state index in [1.807, 2.05) is 24.3 Å². The number of halogens is 3. The summed E-state index contributed by atoms with van der Waals surface area (Å²) in [6.07, 6.45) is 0. The summed E-state index contributed by atoms with van der Waals surface area (Å²) in [4.78, 5) is 4.16. The Morgan fingerprint density at radius 2 is 1.75 bits per heavy atom. The number of ether oxygens (including phenoxy) is 3. The van der Waals surface area contributed by atoms with Crippen molar-refractivity contribution in [1.29, 1.82) is 0 Å². The van der Waals surface area contributed by atoms with Gasteiger partial charge in [0.15, 0.2) is 5.96 Å². The van der Waals surface area contributed by atoms with Crippen molar-refractivity contribution >= 4 is 29.9 Å². The molecule has 0 atom stereocenters. The molecule has 0 amide bonds. The highest BCUT2D eigenvalue weighted by molar-refractivity contribution is 14.0. The molecule has 2 aromatic rings. The SMILES string of the molecule is CN=C(NCc1cccc(OC(F)F)c1)NCc1ccc(OC)cc1OC.I. The van der Waals surface area contributed by atoms with Gasteiger partial charge < -0.3 is 24.8 Å². The number of guanidine groups is 1. The van der Waals surface area contributed by atoms with Crippen molar-refractivity contribution in [2.75, 3.05) is 21.3 Å². The van der Waals surface area contributed by atoms with Crippen LogP contribution in [0.4, 0.5) is 8.78 Å². The van der Waals surface area contributed by atoms with E-state index in [9.17, 15) is 8.78 Å². The molecule has 0 spiro atoms. The zero-order valence-electron chi connectivity index (χ0n) is 15.9. The van der Waals surface area contributed by atoms with Gasteiger partial charge in [-0.15, -0.1) is 24.0 Å². The van der Waals surface area contributed by atoms with Crippen molar-refractivity contribution < 1.29 is 23.0 Å². The first-order valence-electron chi connectivity index (χ1n) is 8.25. The van der Waals surface area contributed by atoms with Gasteiger partial charge in [0.2, 0.25) is 0 Å². The van der Waals surface area contributed by atoms with Crippen LogP contribution in [0.5, 0.6) is 17.2 Å². The molecule has 0 aromatic heterocycles. The molecule has 0 aliphatic carbocycles. The molecule has 0 aliphatic heterocycles. The molecule has 9 heteroatoms. The molecule has 0 radical (unpaired) electrons. The third-order valence-electron chi connectivity index (χ3n) is 3.75. The van der Waals surface area contributed by atoms with Crippen molar-refractivity contribution in [3.8, 4) is 17.2 Å².